The highest BCUT2D eigenvalue weighted by Crippen LogP contribution is 2.22. The first kappa shape index (κ1) is 13.5. The van der Waals surface area contributed by atoms with E-state index in [0.717, 1.165) is 16.3 Å². The Morgan fingerprint density at radius 3 is 3.00 bits per heavy atom. The van der Waals surface area contributed by atoms with E-state index in [9.17, 15) is 4.79 Å². The number of hydrogen-bond acceptors (Lipinski definition) is 4. The predicted octanol–water partition coefficient (Wildman–Crippen LogP) is 2.51. The minimum absolute atomic E-state index is 0.176. The first-order valence-corrected chi connectivity index (χ1v) is 7.48. The second kappa shape index (κ2) is 6.32. The molecule has 0 aromatic carbocycles. The maximum Gasteiger partial charge on any atom is 0.271 e. The standard InChI is InChI=1S/C15H14N4OS/c20-15(17-8-6-11-4-1-2-7-16-11)13-10-12(18-19-13)14-5-3-9-21-14/h1-5,7,9-10H,6,8H2,(H,17,20)(H,18,19). The van der Waals surface area contributed by atoms with Gasteiger partial charge in [-0.25, -0.2) is 0 Å². The lowest BCUT2D eigenvalue weighted by Gasteiger charge is -2.02. The highest BCUT2D eigenvalue weighted by atomic mass is 32.1. The van der Waals surface area contributed by atoms with Gasteiger partial charge in [0.1, 0.15) is 0 Å². The molecule has 0 saturated heterocycles. The van der Waals surface area contributed by atoms with Gasteiger partial charge in [-0.15, -0.1) is 11.3 Å². The molecule has 3 rings (SSSR count). The van der Waals surface area contributed by atoms with Crippen LogP contribution in [-0.4, -0.2) is 27.6 Å². The molecule has 0 bridgehead atoms. The van der Waals surface area contributed by atoms with Crippen LogP contribution in [0.2, 0.25) is 0 Å². The number of pyridine rings is 1. The number of nitrogens with zero attached hydrogens (tertiary/aromatic N) is 2. The molecule has 0 radical (unpaired) electrons. The number of aromatic amines is 1. The van der Waals surface area contributed by atoms with E-state index in [1.54, 1.807) is 23.6 Å². The molecule has 2 N–H and O–H groups in total. The van der Waals surface area contributed by atoms with Crippen LogP contribution in [0.3, 0.4) is 0 Å². The minimum atomic E-state index is -0.176. The second-order valence-corrected chi connectivity index (χ2v) is 5.42. The van der Waals surface area contributed by atoms with E-state index in [0.29, 0.717) is 18.7 Å². The lowest BCUT2D eigenvalue weighted by atomic mass is 10.2. The van der Waals surface area contributed by atoms with Crippen molar-refractivity contribution in [3.8, 4) is 10.6 Å². The molecule has 1 amide bonds. The molecule has 0 fully saturated rings. The summed E-state index contributed by atoms with van der Waals surface area (Å²) in [5, 5.41) is 11.8. The highest BCUT2D eigenvalue weighted by molar-refractivity contribution is 7.13. The molecule has 6 heteroatoms. The molecule has 0 aliphatic carbocycles. The summed E-state index contributed by atoms with van der Waals surface area (Å²) in [6, 6.07) is 11.5. The van der Waals surface area contributed by atoms with Crippen LogP contribution >= 0.6 is 11.3 Å². The Bertz CT molecular complexity index is 706. The number of thiophene rings is 1. The fourth-order valence-corrected chi connectivity index (χ4v) is 2.63. The highest BCUT2D eigenvalue weighted by Gasteiger charge is 2.11. The molecular formula is C15H14N4OS. The zero-order valence-electron chi connectivity index (χ0n) is 11.2. The average molecular weight is 298 g/mol. The first-order chi connectivity index (χ1) is 10.3. The first-order valence-electron chi connectivity index (χ1n) is 6.60. The maximum atomic E-state index is 12.0. The zero-order chi connectivity index (χ0) is 14.5. The summed E-state index contributed by atoms with van der Waals surface area (Å²) in [6.45, 7) is 0.539. The molecule has 3 aromatic heterocycles. The molecule has 0 atom stereocenters. The molecule has 0 aliphatic rings. The van der Waals surface area contributed by atoms with Gasteiger partial charge in [0.25, 0.3) is 5.91 Å². The summed E-state index contributed by atoms with van der Waals surface area (Å²) in [4.78, 5) is 17.3. The van der Waals surface area contributed by atoms with Crippen molar-refractivity contribution in [3.05, 3.63) is 59.4 Å². The van der Waals surface area contributed by atoms with Gasteiger partial charge in [0.15, 0.2) is 5.69 Å². The Hall–Kier alpha value is -2.47. The van der Waals surface area contributed by atoms with Gasteiger partial charge < -0.3 is 5.32 Å². The minimum Gasteiger partial charge on any atom is -0.350 e. The predicted molar refractivity (Wildman–Crippen MR) is 82.2 cm³/mol. The van der Waals surface area contributed by atoms with Crippen LogP contribution in [0.5, 0.6) is 0 Å². The Kier molecular flexibility index (Phi) is 4.07. The number of rotatable bonds is 5. The Morgan fingerprint density at radius 2 is 2.24 bits per heavy atom. The molecule has 0 aliphatic heterocycles. The van der Waals surface area contributed by atoms with E-state index in [1.807, 2.05) is 35.7 Å². The lowest BCUT2D eigenvalue weighted by molar-refractivity contribution is 0.0949. The molecule has 0 saturated carbocycles. The van der Waals surface area contributed by atoms with E-state index in [1.165, 1.54) is 0 Å². The van der Waals surface area contributed by atoms with Gasteiger partial charge >= 0.3 is 0 Å². The number of nitrogens with one attached hydrogen (secondary N) is 2. The molecule has 0 spiro atoms. The van der Waals surface area contributed by atoms with E-state index in [2.05, 4.69) is 20.5 Å². The third-order valence-electron chi connectivity index (χ3n) is 2.99. The van der Waals surface area contributed by atoms with Crippen molar-refractivity contribution in [1.82, 2.24) is 20.5 Å². The van der Waals surface area contributed by atoms with Crippen LogP contribution < -0.4 is 5.32 Å². The van der Waals surface area contributed by atoms with Crippen molar-refractivity contribution >= 4 is 17.2 Å². The van der Waals surface area contributed by atoms with Crippen molar-refractivity contribution in [2.45, 2.75) is 6.42 Å². The van der Waals surface area contributed by atoms with Crippen molar-refractivity contribution < 1.29 is 4.79 Å². The Balaban J connectivity index is 1.56. The monoisotopic (exact) mass is 298 g/mol. The van der Waals surface area contributed by atoms with E-state index < -0.39 is 0 Å². The van der Waals surface area contributed by atoms with Gasteiger partial charge in [0, 0.05) is 24.9 Å². The summed E-state index contributed by atoms with van der Waals surface area (Å²) >= 11 is 1.60. The SMILES string of the molecule is O=C(NCCc1ccccn1)c1cc(-c2cccs2)[nH]n1. The second-order valence-electron chi connectivity index (χ2n) is 4.47. The van der Waals surface area contributed by atoms with Gasteiger partial charge in [-0.1, -0.05) is 12.1 Å². The molecule has 3 aromatic rings. The fraction of sp³-hybridized carbons (Fsp3) is 0.133. The molecule has 5 nitrogen and oxygen atoms in total. The van der Waals surface area contributed by atoms with Crippen LogP contribution in [0.4, 0.5) is 0 Å². The summed E-state index contributed by atoms with van der Waals surface area (Å²) < 4.78 is 0. The number of carbonyl (C=O) groups is 1. The zero-order valence-corrected chi connectivity index (χ0v) is 12.1. The smallest absolute Gasteiger partial charge is 0.271 e. The van der Waals surface area contributed by atoms with Gasteiger partial charge in [-0.3, -0.25) is 14.9 Å². The normalized spacial score (nSPS) is 10.5. The van der Waals surface area contributed by atoms with Crippen LogP contribution in [0.15, 0.2) is 48.0 Å². The van der Waals surface area contributed by atoms with Crippen LogP contribution in [0.25, 0.3) is 10.6 Å². The van der Waals surface area contributed by atoms with Gasteiger partial charge in [-0.05, 0) is 29.6 Å². The van der Waals surface area contributed by atoms with E-state index >= 15 is 0 Å². The molecule has 106 valence electrons. The van der Waals surface area contributed by atoms with Crippen molar-refractivity contribution in [3.63, 3.8) is 0 Å². The Morgan fingerprint density at radius 1 is 1.29 bits per heavy atom. The summed E-state index contributed by atoms with van der Waals surface area (Å²) in [7, 11) is 0. The molecule has 0 unspecified atom stereocenters. The van der Waals surface area contributed by atoms with Crippen molar-refractivity contribution in [2.75, 3.05) is 6.54 Å². The van der Waals surface area contributed by atoms with Crippen LogP contribution in [0, 0.1) is 0 Å². The van der Waals surface area contributed by atoms with Crippen LogP contribution in [-0.2, 0) is 6.42 Å². The average Bonchev–Trinajstić information content (AvgIpc) is 3.19. The van der Waals surface area contributed by atoms with Crippen molar-refractivity contribution in [1.29, 1.82) is 0 Å². The third-order valence-corrected chi connectivity index (χ3v) is 3.89. The van der Waals surface area contributed by atoms with Gasteiger partial charge in [-0.2, -0.15) is 5.10 Å². The number of aromatic nitrogens is 3. The molecule has 21 heavy (non-hydrogen) atoms. The van der Waals surface area contributed by atoms with E-state index in [-0.39, 0.29) is 5.91 Å². The van der Waals surface area contributed by atoms with Crippen molar-refractivity contribution in [2.24, 2.45) is 0 Å². The largest absolute Gasteiger partial charge is 0.350 e. The van der Waals surface area contributed by atoms with Gasteiger partial charge in [0.2, 0.25) is 0 Å². The lowest BCUT2D eigenvalue weighted by Crippen LogP contribution is -2.26. The summed E-state index contributed by atoms with van der Waals surface area (Å²) in [5.41, 5.74) is 2.22. The van der Waals surface area contributed by atoms with Gasteiger partial charge in [0.05, 0.1) is 10.6 Å². The topological polar surface area (TPSA) is 70.7 Å². The fourth-order valence-electron chi connectivity index (χ4n) is 1.94. The Labute approximate surface area is 126 Å². The molecular weight excluding hydrogens is 284 g/mol. The number of H-pyrrole nitrogens is 1. The molecule has 3 heterocycles. The summed E-state index contributed by atoms with van der Waals surface area (Å²) in [6.07, 6.45) is 2.45. The summed E-state index contributed by atoms with van der Waals surface area (Å²) in [5.74, 6) is -0.176. The number of carbonyl (C=O) groups excluding carboxylic acids is 1. The third kappa shape index (κ3) is 3.35. The number of amides is 1. The van der Waals surface area contributed by atoms with Crippen LogP contribution in [0.1, 0.15) is 16.2 Å². The van der Waals surface area contributed by atoms with E-state index in [4.69, 9.17) is 0 Å². The quantitative estimate of drug-likeness (QED) is 0.760. The maximum absolute atomic E-state index is 12.0. The number of hydrogen-bond donors (Lipinski definition) is 2.